The Kier molecular flexibility index (Phi) is 5.41. The third-order valence-corrected chi connectivity index (χ3v) is 2.98. The van der Waals surface area contributed by atoms with E-state index in [0.717, 1.165) is 5.56 Å². The van der Waals surface area contributed by atoms with Crippen LogP contribution >= 0.6 is 0 Å². The van der Waals surface area contributed by atoms with Crippen LogP contribution in [0.2, 0.25) is 0 Å². The van der Waals surface area contributed by atoms with Gasteiger partial charge in [0.15, 0.2) is 0 Å². The molecule has 96 valence electrons. The standard InChI is InChI=1S/C15H18O3/c1-4-14(11(2)15(16)17)12(3)18-10-13-8-6-5-7-9-13/h1,5-9,11-12,14H,10H2,2-3H3,(H,16,17)/t11-,12+,14+/m0/s1. The first kappa shape index (κ1) is 14.3. The first-order valence-electron chi connectivity index (χ1n) is 5.90. The Balaban J connectivity index is 2.56. The highest BCUT2D eigenvalue weighted by Crippen LogP contribution is 2.19. The van der Waals surface area contributed by atoms with E-state index in [4.69, 9.17) is 16.3 Å². The predicted molar refractivity (Wildman–Crippen MR) is 69.8 cm³/mol. The maximum atomic E-state index is 10.9. The van der Waals surface area contributed by atoms with Crippen molar-refractivity contribution in [2.24, 2.45) is 11.8 Å². The summed E-state index contributed by atoms with van der Waals surface area (Å²) in [5, 5.41) is 8.97. The van der Waals surface area contributed by atoms with Gasteiger partial charge in [-0.3, -0.25) is 4.79 Å². The van der Waals surface area contributed by atoms with Gasteiger partial charge in [0, 0.05) is 0 Å². The Morgan fingerprint density at radius 3 is 2.50 bits per heavy atom. The third kappa shape index (κ3) is 3.90. The molecule has 0 spiro atoms. The molecule has 0 radical (unpaired) electrons. The van der Waals surface area contributed by atoms with E-state index in [-0.39, 0.29) is 6.10 Å². The summed E-state index contributed by atoms with van der Waals surface area (Å²) in [4.78, 5) is 10.9. The SMILES string of the molecule is C#C[C@H]([C@H](C)C(=O)O)[C@@H](C)OCc1ccccc1. The van der Waals surface area contributed by atoms with Crippen molar-refractivity contribution in [1.82, 2.24) is 0 Å². The summed E-state index contributed by atoms with van der Waals surface area (Å²) in [5.41, 5.74) is 1.04. The van der Waals surface area contributed by atoms with Gasteiger partial charge in [-0.15, -0.1) is 6.42 Å². The number of carboxylic acids is 1. The third-order valence-electron chi connectivity index (χ3n) is 2.98. The molecular formula is C15H18O3. The van der Waals surface area contributed by atoms with Crippen molar-refractivity contribution in [2.75, 3.05) is 0 Å². The van der Waals surface area contributed by atoms with Crippen molar-refractivity contribution in [3.05, 3.63) is 35.9 Å². The molecule has 1 aromatic carbocycles. The first-order chi connectivity index (χ1) is 8.56. The van der Waals surface area contributed by atoms with Crippen LogP contribution in [0.3, 0.4) is 0 Å². The van der Waals surface area contributed by atoms with Gasteiger partial charge in [0.1, 0.15) is 0 Å². The van der Waals surface area contributed by atoms with Crippen molar-refractivity contribution in [3.63, 3.8) is 0 Å². The van der Waals surface area contributed by atoms with E-state index in [1.54, 1.807) is 6.92 Å². The van der Waals surface area contributed by atoms with E-state index >= 15 is 0 Å². The van der Waals surface area contributed by atoms with Crippen LogP contribution in [0, 0.1) is 24.2 Å². The van der Waals surface area contributed by atoms with E-state index in [1.807, 2.05) is 37.3 Å². The molecule has 18 heavy (non-hydrogen) atoms. The smallest absolute Gasteiger partial charge is 0.307 e. The van der Waals surface area contributed by atoms with Crippen molar-refractivity contribution in [1.29, 1.82) is 0 Å². The molecule has 0 fully saturated rings. The topological polar surface area (TPSA) is 46.5 Å². The van der Waals surface area contributed by atoms with Crippen LogP contribution in [0.1, 0.15) is 19.4 Å². The zero-order valence-corrected chi connectivity index (χ0v) is 10.7. The van der Waals surface area contributed by atoms with Crippen LogP contribution in [0.25, 0.3) is 0 Å². The van der Waals surface area contributed by atoms with Gasteiger partial charge in [0.25, 0.3) is 0 Å². The summed E-state index contributed by atoms with van der Waals surface area (Å²) in [6.45, 7) is 3.86. The normalized spacial score (nSPS) is 15.4. The predicted octanol–water partition coefficient (Wildman–Crippen LogP) is 2.56. The number of hydrogen-bond acceptors (Lipinski definition) is 2. The van der Waals surface area contributed by atoms with Gasteiger partial charge in [-0.1, -0.05) is 43.2 Å². The Morgan fingerprint density at radius 1 is 1.39 bits per heavy atom. The van der Waals surface area contributed by atoms with Gasteiger partial charge in [-0.05, 0) is 12.5 Å². The second-order valence-corrected chi connectivity index (χ2v) is 4.32. The molecule has 0 heterocycles. The summed E-state index contributed by atoms with van der Waals surface area (Å²) < 4.78 is 5.65. The van der Waals surface area contributed by atoms with Crippen molar-refractivity contribution in [3.8, 4) is 12.3 Å². The van der Waals surface area contributed by atoms with Gasteiger partial charge in [-0.25, -0.2) is 0 Å². The summed E-state index contributed by atoms with van der Waals surface area (Å²) in [6, 6.07) is 9.71. The molecular weight excluding hydrogens is 228 g/mol. The van der Waals surface area contributed by atoms with E-state index < -0.39 is 17.8 Å². The molecule has 3 heteroatoms. The highest BCUT2D eigenvalue weighted by molar-refractivity contribution is 5.70. The zero-order chi connectivity index (χ0) is 13.5. The fourth-order valence-corrected chi connectivity index (χ4v) is 1.75. The monoisotopic (exact) mass is 246 g/mol. The van der Waals surface area contributed by atoms with Crippen molar-refractivity contribution >= 4 is 5.97 Å². The quantitative estimate of drug-likeness (QED) is 0.785. The Labute approximate surface area is 108 Å². The second kappa shape index (κ2) is 6.83. The lowest BCUT2D eigenvalue weighted by Crippen LogP contribution is -2.30. The summed E-state index contributed by atoms with van der Waals surface area (Å²) in [5.74, 6) is 0.583. The molecule has 0 saturated heterocycles. The molecule has 0 bridgehead atoms. The summed E-state index contributed by atoms with van der Waals surface area (Å²) >= 11 is 0. The molecule has 0 unspecified atom stereocenters. The molecule has 1 aromatic rings. The van der Waals surface area contributed by atoms with Gasteiger partial charge < -0.3 is 9.84 Å². The van der Waals surface area contributed by atoms with Crippen molar-refractivity contribution in [2.45, 2.75) is 26.6 Å². The molecule has 0 aromatic heterocycles. The number of hydrogen-bond donors (Lipinski definition) is 1. The first-order valence-corrected chi connectivity index (χ1v) is 5.90. The van der Waals surface area contributed by atoms with Crippen LogP contribution in [0.5, 0.6) is 0 Å². The average Bonchev–Trinajstić information content (AvgIpc) is 2.38. The maximum absolute atomic E-state index is 10.9. The minimum Gasteiger partial charge on any atom is -0.481 e. The Morgan fingerprint density at radius 2 is 2.00 bits per heavy atom. The number of carboxylic acid groups (broad SMARTS) is 1. The summed E-state index contributed by atoms with van der Waals surface area (Å²) in [6.07, 6.45) is 5.10. The Hall–Kier alpha value is -1.79. The van der Waals surface area contributed by atoms with Crippen LogP contribution < -0.4 is 0 Å². The van der Waals surface area contributed by atoms with E-state index in [9.17, 15) is 4.79 Å². The molecule has 0 aliphatic carbocycles. The van der Waals surface area contributed by atoms with Gasteiger partial charge in [0.05, 0.1) is 24.5 Å². The van der Waals surface area contributed by atoms with Crippen molar-refractivity contribution < 1.29 is 14.6 Å². The zero-order valence-electron chi connectivity index (χ0n) is 10.7. The minimum absolute atomic E-state index is 0.290. The van der Waals surface area contributed by atoms with Gasteiger partial charge >= 0.3 is 5.97 Å². The maximum Gasteiger partial charge on any atom is 0.307 e. The fraction of sp³-hybridized carbons (Fsp3) is 0.400. The Bertz CT molecular complexity index is 419. The molecule has 0 saturated carbocycles. The lowest BCUT2D eigenvalue weighted by molar-refractivity contribution is -0.144. The highest BCUT2D eigenvalue weighted by atomic mass is 16.5. The number of carbonyl (C=O) groups is 1. The van der Waals surface area contributed by atoms with Crippen LogP contribution in [-0.4, -0.2) is 17.2 Å². The van der Waals surface area contributed by atoms with E-state index in [0.29, 0.717) is 6.61 Å². The number of rotatable bonds is 6. The molecule has 1 N–H and O–H groups in total. The van der Waals surface area contributed by atoms with E-state index in [1.165, 1.54) is 0 Å². The second-order valence-electron chi connectivity index (χ2n) is 4.32. The lowest BCUT2D eigenvalue weighted by atomic mass is 9.90. The fourth-order valence-electron chi connectivity index (χ4n) is 1.75. The van der Waals surface area contributed by atoms with Crippen LogP contribution in [0.15, 0.2) is 30.3 Å². The lowest BCUT2D eigenvalue weighted by Gasteiger charge is -2.22. The molecule has 1 rings (SSSR count). The average molecular weight is 246 g/mol. The highest BCUT2D eigenvalue weighted by Gasteiger charge is 2.27. The molecule has 0 aliphatic heterocycles. The molecule has 3 atom stereocenters. The molecule has 0 aliphatic rings. The largest absolute Gasteiger partial charge is 0.481 e. The summed E-state index contributed by atoms with van der Waals surface area (Å²) in [7, 11) is 0. The minimum atomic E-state index is -0.895. The van der Waals surface area contributed by atoms with Gasteiger partial charge in [-0.2, -0.15) is 0 Å². The van der Waals surface area contributed by atoms with Crippen LogP contribution in [-0.2, 0) is 16.1 Å². The van der Waals surface area contributed by atoms with Gasteiger partial charge in [0.2, 0.25) is 0 Å². The van der Waals surface area contributed by atoms with E-state index in [2.05, 4.69) is 5.92 Å². The van der Waals surface area contributed by atoms with Crippen LogP contribution in [0.4, 0.5) is 0 Å². The molecule has 0 amide bonds. The number of benzene rings is 1. The molecule has 3 nitrogen and oxygen atoms in total. The number of ether oxygens (including phenoxy) is 1. The number of terminal acetylenes is 1. The number of aliphatic carboxylic acids is 1.